The molecule has 0 saturated carbocycles. The van der Waals surface area contributed by atoms with Crippen LogP contribution in [0.25, 0.3) is 0 Å². The van der Waals surface area contributed by atoms with Crippen molar-refractivity contribution >= 4 is 20.0 Å². The van der Waals surface area contributed by atoms with Crippen LogP contribution in [-0.2, 0) is 25.1 Å². The Bertz CT molecular complexity index is 517. The van der Waals surface area contributed by atoms with Crippen molar-refractivity contribution in [3.8, 4) is 0 Å². The van der Waals surface area contributed by atoms with Gasteiger partial charge >= 0.3 is 20.0 Å². The van der Waals surface area contributed by atoms with Crippen LogP contribution in [0.3, 0.4) is 0 Å². The molecule has 7 heteroatoms. The van der Waals surface area contributed by atoms with E-state index in [9.17, 15) is 14.2 Å². The number of aryl methyl sites for hydroxylation is 1. The van der Waals surface area contributed by atoms with Gasteiger partial charge in [0.2, 0.25) is 0 Å². The summed E-state index contributed by atoms with van der Waals surface area (Å²) in [4.78, 5) is 21.5. The van der Waals surface area contributed by atoms with E-state index in [4.69, 9.17) is 14.7 Å². The van der Waals surface area contributed by atoms with E-state index in [0.29, 0.717) is 6.61 Å². The molecule has 1 rings (SSSR count). The molecule has 2 atom stereocenters. The summed E-state index contributed by atoms with van der Waals surface area (Å²) in [5, 5.41) is 17.6. The Labute approximate surface area is 136 Å². The summed E-state index contributed by atoms with van der Waals surface area (Å²) in [5.41, 5.74) is 1.23. The van der Waals surface area contributed by atoms with Crippen LogP contribution in [0.4, 0.5) is 0 Å². The highest BCUT2D eigenvalue weighted by molar-refractivity contribution is 7.39. The normalized spacial score (nSPS) is 12.6. The van der Waals surface area contributed by atoms with Crippen molar-refractivity contribution in [1.82, 2.24) is 0 Å². The van der Waals surface area contributed by atoms with Gasteiger partial charge in [0, 0.05) is 6.42 Å². The molecule has 2 unspecified atom stereocenters. The Hall–Kier alpha value is -1.78. The summed E-state index contributed by atoms with van der Waals surface area (Å²) < 4.78 is 16.9. The third kappa shape index (κ3) is 9.06. The van der Waals surface area contributed by atoms with Gasteiger partial charge in [-0.25, -0.2) is 0 Å². The molecular weight excluding hydrogens is 319 g/mol. The Balaban J connectivity index is 2.19. The molecule has 0 saturated heterocycles. The van der Waals surface area contributed by atoms with Crippen LogP contribution in [0.15, 0.2) is 30.3 Å². The Morgan fingerprint density at radius 1 is 1.13 bits per heavy atom. The topological polar surface area (TPSA) is 101 Å². The Morgan fingerprint density at radius 3 is 2.43 bits per heavy atom. The maximum atomic E-state index is 11.8. The molecule has 2 N–H and O–H groups in total. The number of hydrogen-bond acceptors (Lipinski definition) is 4. The number of rotatable bonds is 12. The first-order valence-corrected chi connectivity index (χ1v) is 8.91. The van der Waals surface area contributed by atoms with Gasteiger partial charge in [-0.1, -0.05) is 30.3 Å². The van der Waals surface area contributed by atoms with E-state index in [-0.39, 0.29) is 19.0 Å². The molecule has 23 heavy (non-hydrogen) atoms. The second-order valence-corrected chi connectivity index (χ2v) is 6.55. The van der Waals surface area contributed by atoms with Gasteiger partial charge in [0.1, 0.15) is 12.5 Å². The second-order valence-electron chi connectivity index (χ2n) is 5.26. The van der Waals surface area contributed by atoms with Crippen LogP contribution >= 0.6 is 8.03 Å². The lowest BCUT2D eigenvalue weighted by Crippen LogP contribution is -2.18. The van der Waals surface area contributed by atoms with Crippen molar-refractivity contribution in [2.24, 2.45) is 5.92 Å². The van der Waals surface area contributed by atoms with Crippen molar-refractivity contribution in [2.75, 3.05) is 12.8 Å². The summed E-state index contributed by atoms with van der Waals surface area (Å²) >= 11 is 0. The summed E-state index contributed by atoms with van der Waals surface area (Å²) in [7, 11) is -2.08. The summed E-state index contributed by atoms with van der Waals surface area (Å²) in [5.74, 6) is -3.14. The van der Waals surface area contributed by atoms with Crippen molar-refractivity contribution in [3.05, 3.63) is 35.9 Å². The zero-order valence-corrected chi connectivity index (χ0v) is 13.8. The molecule has 0 fully saturated rings. The molecule has 126 valence electrons. The van der Waals surface area contributed by atoms with Crippen LogP contribution < -0.4 is 0 Å². The molecular formula is C16H22O6P+. The third-order valence-corrected chi connectivity index (χ3v) is 4.57. The molecule has 1 aromatic rings. The smallest absolute Gasteiger partial charge is 0.481 e. The molecule has 0 amide bonds. The van der Waals surface area contributed by atoms with Gasteiger partial charge in [-0.15, -0.1) is 4.52 Å². The zero-order valence-electron chi connectivity index (χ0n) is 12.9. The molecule has 0 aromatic heterocycles. The van der Waals surface area contributed by atoms with E-state index in [2.05, 4.69) is 0 Å². The summed E-state index contributed by atoms with van der Waals surface area (Å²) in [6.45, 7) is 0.313. The van der Waals surface area contributed by atoms with Crippen molar-refractivity contribution in [3.63, 3.8) is 0 Å². The minimum atomic E-state index is -2.08. The highest BCUT2D eigenvalue weighted by Crippen LogP contribution is 2.28. The van der Waals surface area contributed by atoms with Gasteiger partial charge in [0.25, 0.3) is 0 Å². The maximum Gasteiger partial charge on any atom is 0.508 e. The molecule has 0 radical (unpaired) electrons. The van der Waals surface area contributed by atoms with Crippen LogP contribution in [0.2, 0.25) is 0 Å². The lowest BCUT2D eigenvalue weighted by atomic mass is 10.1. The highest BCUT2D eigenvalue weighted by atomic mass is 31.1. The second kappa shape index (κ2) is 10.9. The molecule has 0 heterocycles. The first kappa shape index (κ1) is 19.3. The minimum absolute atomic E-state index is 0.0386. The number of hydrogen-bond donors (Lipinski definition) is 2. The van der Waals surface area contributed by atoms with E-state index < -0.39 is 25.9 Å². The SMILES string of the molecule is O=C(O)CCC(C[P+](=O)OCCCCc1ccccc1)C(=O)O. The Kier molecular flexibility index (Phi) is 9.10. The van der Waals surface area contributed by atoms with E-state index >= 15 is 0 Å². The molecule has 0 aliphatic rings. The van der Waals surface area contributed by atoms with E-state index in [1.807, 2.05) is 30.3 Å². The maximum absolute atomic E-state index is 11.8. The largest absolute Gasteiger partial charge is 0.508 e. The monoisotopic (exact) mass is 341 g/mol. The molecule has 0 aliphatic carbocycles. The van der Waals surface area contributed by atoms with Crippen molar-refractivity contribution in [1.29, 1.82) is 0 Å². The lowest BCUT2D eigenvalue weighted by Gasteiger charge is -2.04. The van der Waals surface area contributed by atoms with E-state index in [1.165, 1.54) is 5.56 Å². The average molecular weight is 341 g/mol. The van der Waals surface area contributed by atoms with E-state index in [0.717, 1.165) is 19.3 Å². The van der Waals surface area contributed by atoms with Crippen molar-refractivity contribution < 1.29 is 28.9 Å². The third-order valence-electron chi connectivity index (χ3n) is 3.36. The zero-order chi connectivity index (χ0) is 17.1. The average Bonchev–Trinajstić information content (AvgIpc) is 2.51. The van der Waals surface area contributed by atoms with Gasteiger partial charge in [-0.05, 0) is 35.8 Å². The first-order valence-electron chi connectivity index (χ1n) is 7.55. The van der Waals surface area contributed by atoms with Gasteiger partial charge in [-0.2, -0.15) is 0 Å². The minimum Gasteiger partial charge on any atom is -0.481 e. The van der Waals surface area contributed by atoms with Crippen LogP contribution in [-0.4, -0.2) is 34.9 Å². The molecule has 0 bridgehead atoms. The molecule has 1 aromatic carbocycles. The first-order chi connectivity index (χ1) is 11.0. The molecule has 6 nitrogen and oxygen atoms in total. The number of carboxylic acids is 2. The van der Waals surface area contributed by atoms with Gasteiger partial charge in [0.15, 0.2) is 6.16 Å². The number of aliphatic carboxylic acids is 2. The van der Waals surface area contributed by atoms with Gasteiger partial charge in [-0.3, -0.25) is 9.59 Å². The van der Waals surface area contributed by atoms with Gasteiger partial charge < -0.3 is 10.2 Å². The van der Waals surface area contributed by atoms with Crippen LogP contribution in [0.1, 0.15) is 31.2 Å². The molecule has 0 spiro atoms. The Morgan fingerprint density at radius 2 is 1.83 bits per heavy atom. The standard InChI is InChI=1S/C16H21O6P/c17-15(18)10-9-14(16(19)20)12-23(21)22-11-5-4-8-13-6-2-1-3-7-13/h1-3,6-7,14H,4-5,8-12H2,(H-,17,18,19,20)/p+1. The summed E-state index contributed by atoms with van der Waals surface area (Å²) in [6.07, 6.45) is 2.12. The highest BCUT2D eigenvalue weighted by Gasteiger charge is 2.30. The predicted octanol–water partition coefficient (Wildman–Crippen LogP) is 3.33. The summed E-state index contributed by atoms with van der Waals surface area (Å²) in [6, 6.07) is 10.0. The number of unbranched alkanes of at least 4 members (excludes halogenated alkanes) is 1. The number of carbonyl (C=O) groups is 2. The molecule has 0 aliphatic heterocycles. The van der Waals surface area contributed by atoms with Crippen LogP contribution in [0.5, 0.6) is 0 Å². The predicted molar refractivity (Wildman–Crippen MR) is 85.8 cm³/mol. The van der Waals surface area contributed by atoms with Crippen molar-refractivity contribution in [2.45, 2.75) is 32.1 Å². The number of carboxylic acid groups (broad SMARTS) is 2. The quantitative estimate of drug-likeness (QED) is 0.447. The fourth-order valence-electron chi connectivity index (χ4n) is 2.07. The lowest BCUT2D eigenvalue weighted by molar-refractivity contribution is -0.142. The fraction of sp³-hybridized carbons (Fsp3) is 0.500. The van der Waals surface area contributed by atoms with Gasteiger partial charge in [0.05, 0.1) is 0 Å². The van der Waals surface area contributed by atoms with E-state index in [1.54, 1.807) is 0 Å². The fourth-order valence-corrected chi connectivity index (χ4v) is 3.20. The van der Waals surface area contributed by atoms with Crippen LogP contribution in [0, 0.1) is 5.92 Å². The number of benzene rings is 1.